The van der Waals surface area contributed by atoms with Crippen LogP contribution in [0.5, 0.6) is 0 Å². The molecule has 92 valence electrons. The zero-order valence-corrected chi connectivity index (χ0v) is 10.00. The summed E-state index contributed by atoms with van der Waals surface area (Å²) in [5.41, 5.74) is 0.448. The third-order valence-electron chi connectivity index (χ3n) is 2.90. The molecule has 2 aliphatic rings. The number of benzene rings is 1. The number of rotatable bonds is 1. The Kier molecular flexibility index (Phi) is 2.72. The monoisotopic (exact) mass is 250 g/mol. The maximum Gasteiger partial charge on any atom is 0.221 e. The number of hydrogen-bond acceptors (Lipinski definition) is 3. The number of hydrogen-bond donors (Lipinski definition) is 0. The van der Waals surface area contributed by atoms with E-state index in [0.29, 0.717) is 11.0 Å². The standard InChI is InChI=1S/C16H10O3/c17-13-9-10-14(18)16-12(13)7-4-8-15(19-16)11-5-2-1-3-6-11/h1-10H. The molecule has 0 spiro atoms. The fourth-order valence-electron chi connectivity index (χ4n) is 1.96. The smallest absolute Gasteiger partial charge is 0.221 e. The summed E-state index contributed by atoms with van der Waals surface area (Å²) in [6.45, 7) is 0. The highest BCUT2D eigenvalue weighted by Gasteiger charge is 2.02. The summed E-state index contributed by atoms with van der Waals surface area (Å²) in [5.74, 6) is 0.554. The van der Waals surface area contributed by atoms with Gasteiger partial charge in [0.25, 0.3) is 0 Å². The molecule has 3 heteroatoms. The lowest BCUT2D eigenvalue weighted by molar-refractivity contribution is 0.532. The minimum atomic E-state index is -0.289. The van der Waals surface area contributed by atoms with Crippen LogP contribution in [0.1, 0.15) is 0 Å². The molecule has 1 aromatic rings. The molecule has 0 bridgehead atoms. The molecule has 0 N–H and O–H groups in total. The molecule has 0 atom stereocenters. The van der Waals surface area contributed by atoms with Gasteiger partial charge < -0.3 is 4.42 Å². The summed E-state index contributed by atoms with van der Waals surface area (Å²) in [6, 6.07) is 17.0. The first-order valence-corrected chi connectivity index (χ1v) is 5.88. The first-order chi connectivity index (χ1) is 9.25. The average molecular weight is 250 g/mol. The Morgan fingerprint density at radius 3 is 2.21 bits per heavy atom. The third-order valence-corrected chi connectivity index (χ3v) is 2.90. The van der Waals surface area contributed by atoms with Gasteiger partial charge in [0.15, 0.2) is 10.8 Å². The predicted molar refractivity (Wildman–Crippen MR) is 72.0 cm³/mol. The van der Waals surface area contributed by atoms with Gasteiger partial charge >= 0.3 is 0 Å². The van der Waals surface area contributed by atoms with Gasteiger partial charge in [-0.1, -0.05) is 36.4 Å². The van der Waals surface area contributed by atoms with Crippen LogP contribution in [-0.4, -0.2) is 0 Å². The minimum absolute atomic E-state index is 0.0938. The largest absolute Gasteiger partial charge is 0.452 e. The second-order valence-electron chi connectivity index (χ2n) is 4.16. The van der Waals surface area contributed by atoms with Crippen LogP contribution in [0.25, 0.3) is 11.3 Å². The van der Waals surface area contributed by atoms with Gasteiger partial charge in [-0.05, 0) is 24.3 Å². The van der Waals surface area contributed by atoms with Gasteiger partial charge in [-0.25, -0.2) is 0 Å². The summed E-state index contributed by atoms with van der Waals surface area (Å²) in [4.78, 5) is 23.5. The molecular weight excluding hydrogens is 240 g/mol. The second-order valence-corrected chi connectivity index (χ2v) is 4.16. The molecule has 1 heterocycles. The third kappa shape index (κ3) is 2.06. The minimum Gasteiger partial charge on any atom is -0.452 e. The van der Waals surface area contributed by atoms with Crippen LogP contribution in [0.2, 0.25) is 0 Å². The van der Waals surface area contributed by atoms with Crippen LogP contribution in [0.4, 0.5) is 0 Å². The fraction of sp³-hybridized carbons (Fsp3) is 0. The van der Waals surface area contributed by atoms with Gasteiger partial charge in [-0.2, -0.15) is 0 Å². The van der Waals surface area contributed by atoms with Crippen molar-refractivity contribution in [2.75, 3.05) is 0 Å². The molecule has 19 heavy (non-hydrogen) atoms. The van der Waals surface area contributed by atoms with Gasteiger partial charge in [0.2, 0.25) is 5.43 Å². The van der Waals surface area contributed by atoms with Crippen molar-refractivity contribution in [1.82, 2.24) is 0 Å². The van der Waals surface area contributed by atoms with Crippen molar-refractivity contribution in [3.05, 3.63) is 91.7 Å². The zero-order valence-electron chi connectivity index (χ0n) is 10.00. The van der Waals surface area contributed by atoms with E-state index in [1.165, 1.54) is 12.1 Å². The molecule has 1 aliphatic heterocycles. The van der Waals surface area contributed by atoms with E-state index in [2.05, 4.69) is 0 Å². The van der Waals surface area contributed by atoms with Crippen molar-refractivity contribution in [3.63, 3.8) is 0 Å². The van der Waals surface area contributed by atoms with E-state index < -0.39 is 0 Å². The van der Waals surface area contributed by atoms with E-state index in [4.69, 9.17) is 4.42 Å². The predicted octanol–water partition coefficient (Wildman–Crippen LogP) is 2.39. The summed E-state index contributed by atoms with van der Waals surface area (Å²) >= 11 is 0. The maximum atomic E-state index is 11.8. The van der Waals surface area contributed by atoms with Crippen LogP contribution >= 0.6 is 0 Å². The van der Waals surface area contributed by atoms with Crippen molar-refractivity contribution in [2.45, 2.75) is 0 Å². The molecule has 1 aliphatic carbocycles. The van der Waals surface area contributed by atoms with Gasteiger partial charge in [0.1, 0.15) is 5.76 Å². The van der Waals surface area contributed by atoms with Crippen LogP contribution in [-0.2, 0) is 0 Å². The molecule has 0 radical (unpaired) electrons. The summed E-state index contributed by atoms with van der Waals surface area (Å²) in [5, 5.41) is 0.301. The summed E-state index contributed by atoms with van der Waals surface area (Å²) < 4.78 is 5.64. The van der Waals surface area contributed by atoms with Crippen molar-refractivity contribution < 1.29 is 4.42 Å². The van der Waals surface area contributed by atoms with Crippen LogP contribution in [0, 0.1) is 10.6 Å². The van der Waals surface area contributed by atoms with Crippen molar-refractivity contribution in [3.8, 4) is 11.3 Å². The van der Waals surface area contributed by atoms with Gasteiger partial charge in [-0.15, -0.1) is 0 Å². The van der Waals surface area contributed by atoms with Crippen LogP contribution in [0.15, 0.2) is 74.7 Å². The Hall–Kier alpha value is -2.68. The molecule has 3 rings (SSSR count). The first-order valence-electron chi connectivity index (χ1n) is 5.88. The molecule has 0 unspecified atom stereocenters. The van der Waals surface area contributed by atoms with Gasteiger partial charge in [-0.3, -0.25) is 9.59 Å². The van der Waals surface area contributed by atoms with E-state index >= 15 is 0 Å². The van der Waals surface area contributed by atoms with E-state index in [0.717, 1.165) is 5.56 Å². The normalized spacial score (nSPS) is 10.5. The lowest BCUT2D eigenvalue weighted by atomic mass is 10.2. The van der Waals surface area contributed by atoms with E-state index in [9.17, 15) is 9.59 Å². The van der Waals surface area contributed by atoms with E-state index in [1.807, 2.05) is 30.3 Å². The quantitative estimate of drug-likeness (QED) is 0.666. The fourth-order valence-corrected chi connectivity index (χ4v) is 1.96. The Labute approximate surface area is 108 Å². The molecule has 0 amide bonds. The Morgan fingerprint density at radius 2 is 1.42 bits per heavy atom. The molecule has 1 aromatic carbocycles. The maximum absolute atomic E-state index is 11.8. The Balaban J connectivity index is 2.45. The van der Waals surface area contributed by atoms with Gasteiger partial charge in [0.05, 0.1) is 5.22 Å². The lowest BCUT2D eigenvalue weighted by Gasteiger charge is -1.96. The van der Waals surface area contributed by atoms with Crippen molar-refractivity contribution in [2.24, 2.45) is 0 Å². The molecule has 3 nitrogen and oxygen atoms in total. The zero-order chi connectivity index (χ0) is 13.2. The van der Waals surface area contributed by atoms with Crippen LogP contribution < -0.4 is 10.9 Å². The summed E-state index contributed by atoms with van der Waals surface area (Å²) in [6.07, 6.45) is 0. The highest BCUT2D eigenvalue weighted by atomic mass is 16.3. The Bertz CT molecular complexity index is 895. The molecule has 0 fully saturated rings. The van der Waals surface area contributed by atoms with Crippen LogP contribution in [0.3, 0.4) is 0 Å². The van der Waals surface area contributed by atoms with Crippen molar-refractivity contribution in [1.29, 1.82) is 0 Å². The first kappa shape index (κ1) is 11.4. The summed E-state index contributed by atoms with van der Waals surface area (Å²) in [7, 11) is 0. The van der Waals surface area contributed by atoms with E-state index in [-0.39, 0.29) is 16.3 Å². The lowest BCUT2D eigenvalue weighted by Crippen LogP contribution is -2.10. The highest BCUT2D eigenvalue weighted by Crippen LogP contribution is 2.17. The molecule has 0 saturated heterocycles. The molecule has 0 aromatic heterocycles. The Morgan fingerprint density at radius 1 is 0.684 bits per heavy atom. The highest BCUT2D eigenvalue weighted by molar-refractivity contribution is 5.56. The molecular formula is C16H10O3. The van der Waals surface area contributed by atoms with E-state index in [1.54, 1.807) is 18.2 Å². The molecule has 0 saturated carbocycles. The SMILES string of the molecule is O=c1ccc(=O)c2oc(-c3ccccc3)cccc1=2. The topological polar surface area (TPSA) is 47.3 Å². The average Bonchev–Trinajstić information content (AvgIpc) is 2.68. The second kappa shape index (κ2) is 4.53. The van der Waals surface area contributed by atoms with Crippen molar-refractivity contribution >= 4 is 0 Å². The van der Waals surface area contributed by atoms with Gasteiger partial charge in [0, 0.05) is 5.56 Å².